The van der Waals surface area contributed by atoms with Crippen LogP contribution in [0, 0.1) is 6.92 Å². The number of rotatable bonds is 5. The molecule has 1 aromatic carbocycles. The minimum atomic E-state index is -0.338. The fourth-order valence-electron chi connectivity index (χ4n) is 3.38. The van der Waals surface area contributed by atoms with E-state index in [9.17, 15) is 9.59 Å². The van der Waals surface area contributed by atoms with Gasteiger partial charge in [0, 0.05) is 45.1 Å². The average Bonchev–Trinajstić information content (AvgIpc) is 2.72. The summed E-state index contributed by atoms with van der Waals surface area (Å²) in [6.07, 6.45) is 2.48. The number of aryl methyl sites for hydroxylation is 1. The fraction of sp³-hybridized carbons (Fsp3) is 0.381. The molecule has 142 valence electrons. The van der Waals surface area contributed by atoms with Gasteiger partial charge in [-0.1, -0.05) is 30.3 Å². The Bertz CT molecular complexity index is 777. The molecule has 0 unspecified atom stereocenters. The third-order valence-electron chi connectivity index (χ3n) is 5.02. The van der Waals surface area contributed by atoms with Crippen LogP contribution in [0.15, 0.2) is 48.7 Å². The molecule has 3 rings (SSSR count). The van der Waals surface area contributed by atoms with Crippen LogP contribution in [-0.4, -0.2) is 65.9 Å². The molecule has 1 fully saturated rings. The van der Waals surface area contributed by atoms with Crippen molar-refractivity contribution in [3.8, 4) is 0 Å². The van der Waals surface area contributed by atoms with Crippen LogP contribution in [0.3, 0.4) is 0 Å². The summed E-state index contributed by atoms with van der Waals surface area (Å²) in [5, 5.41) is 2.74. The van der Waals surface area contributed by atoms with E-state index in [1.54, 1.807) is 24.2 Å². The molecule has 2 heterocycles. The first-order chi connectivity index (χ1) is 13.1. The minimum absolute atomic E-state index is 0.0532. The van der Waals surface area contributed by atoms with Crippen molar-refractivity contribution in [3.05, 3.63) is 65.5 Å². The number of amides is 2. The van der Waals surface area contributed by atoms with Crippen LogP contribution in [0.5, 0.6) is 0 Å². The van der Waals surface area contributed by atoms with Gasteiger partial charge in [0.15, 0.2) is 0 Å². The zero-order valence-electron chi connectivity index (χ0n) is 15.9. The van der Waals surface area contributed by atoms with E-state index < -0.39 is 0 Å². The van der Waals surface area contributed by atoms with Crippen LogP contribution < -0.4 is 5.32 Å². The number of hydrogen-bond donors (Lipinski definition) is 1. The summed E-state index contributed by atoms with van der Waals surface area (Å²) in [5.74, 6) is -0.123. The van der Waals surface area contributed by atoms with Crippen LogP contribution in [0.25, 0.3) is 0 Å². The second-order valence-electron chi connectivity index (χ2n) is 6.84. The number of hydrogen-bond acceptors (Lipinski definition) is 4. The van der Waals surface area contributed by atoms with Gasteiger partial charge in [0.25, 0.3) is 5.91 Å². The summed E-state index contributed by atoms with van der Waals surface area (Å²) in [7, 11) is 1.64. The average molecular weight is 366 g/mol. The fourth-order valence-corrected chi connectivity index (χ4v) is 3.38. The van der Waals surface area contributed by atoms with Crippen molar-refractivity contribution in [2.45, 2.75) is 19.4 Å². The van der Waals surface area contributed by atoms with E-state index in [4.69, 9.17) is 0 Å². The lowest BCUT2D eigenvalue weighted by Crippen LogP contribution is -2.60. The Morgan fingerprint density at radius 2 is 1.93 bits per heavy atom. The molecule has 0 bridgehead atoms. The molecule has 6 nitrogen and oxygen atoms in total. The highest BCUT2D eigenvalue weighted by Gasteiger charge is 2.33. The molecule has 1 saturated heterocycles. The molecular weight excluding hydrogens is 340 g/mol. The van der Waals surface area contributed by atoms with E-state index in [2.05, 4.69) is 27.3 Å². The second-order valence-corrected chi connectivity index (χ2v) is 6.84. The van der Waals surface area contributed by atoms with Crippen LogP contribution >= 0.6 is 0 Å². The Balaban J connectivity index is 1.67. The molecule has 1 N–H and O–H groups in total. The molecule has 1 aromatic heterocycles. The van der Waals surface area contributed by atoms with Crippen LogP contribution in [-0.2, 0) is 11.2 Å². The van der Waals surface area contributed by atoms with Gasteiger partial charge < -0.3 is 10.2 Å². The summed E-state index contributed by atoms with van der Waals surface area (Å²) in [4.78, 5) is 33.4. The van der Waals surface area contributed by atoms with Gasteiger partial charge in [-0.25, -0.2) is 0 Å². The summed E-state index contributed by atoms with van der Waals surface area (Å²) in [6.45, 7) is 4.35. The maximum atomic E-state index is 12.8. The predicted molar refractivity (Wildman–Crippen MR) is 104 cm³/mol. The Labute approximate surface area is 160 Å². The van der Waals surface area contributed by atoms with Gasteiger partial charge in [-0.05, 0) is 31.0 Å². The highest BCUT2D eigenvalue weighted by molar-refractivity contribution is 5.94. The molecule has 1 aliphatic rings. The lowest BCUT2D eigenvalue weighted by Gasteiger charge is -2.40. The molecular formula is C21H26N4O2. The monoisotopic (exact) mass is 366 g/mol. The molecule has 6 heteroatoms. The minimum Gasteiger partial charge on any atom is -0.358 e. The third kappa shape index (κ3) is 4.71. The van der Waals surface area contributed by atoms with Gasteiger partial charge in [-0.3, -0.25) is 19.5 Å². The molecule has 27 heavy (non-hydrogen) atoms. The summed E-state index contributed by atoms with van der Waals surface area (Å²) >= 11 is 0. The molecule has 2 amide bonds. The Morgan fingerprint density at radius 3 is 2.59 bits per heavy atom. The SMILES string of the molecule is CNC(=O)[C@@H]1CN(C(=O)c2ccc(C)nc2)CCN1CCc1ccccc1. The van der Waals surface area contributed by atoms with Crippen LogP contribution in [0.4, 0.5) is 0 Å². The summed E-state index contributed by atoms with van der Waals surface area (Å²) < 4.78 is 0. The smallest absolute Gasteiger partial charge is 0.255 e. The number of pyridine rings is 1. The lowest BCUT2D eigenvalue weighted by molar-refractivity contribution is -0.127. The van der Waals surface area contributed by atoms with Gasteiger partial charge in [0.05, 0.1) is 5.56 Å². The number of aromatic nitrogens is 1. The van der Waals surface area contributed by atoms with E-state index in [1.165, 1.54) is 5.56 Å². The van der Waals surface area contributed by atoms with Gasteiger partial charge in [-0.2, -0.15) is 0 Å². The van der Waals surface area contributed by atoms with E-state index in [0.717, 1.165) is 18.7 Å². The van der Waals surface area contributed by atoms with Crippen molar-refractivity contribution >= 4 is 11.8 Å². The zero-order chi connectivity index (χ0) is 19.2. The van der Waals surface area contributed by atoms with Crippen LogP contribution in [0.2, 0.25) is 0 Å². The maximum Gasteiger partial charge on any atom is 0.255 e. The Hall–Kier alpha value is -2.73. The number of piperazine rings is 1. The first kappa shape index (κ1) is 19.0. The van der Waals surface area contributed by atoms with Crippen LogP contribution in [0.1, 0.15) is 21.6 Å². The number of carbonyl (C=O) groups excluding carboxylic acids is 2. The summed E-state index contributed by atoms with van der Waals surface area (Å²) in [6, 6.07) is 13.5. The van der Waals surface area contributed by atoms with Crippen molar-refractivity contribution in [1.82, 2.24) is 20.1 Å². The van der Waals surface area contributed by atoms with Gasteiger partial charge in [0.1, 0.15) is 6.04 Å². The third-order valence-corrected chi connectivity index (χ3v) is 5.02. The molecule has 0 spiro atoms. The van der Waals surface area contributed by atoms with E-state index in [-0.39, 0.29) is 17.9 Å². The first-order valence-corrected chi connectivity index (χ1v) is 9.30. The molecule has 0 radical (unpaired) electrons. The van der Waals surface area contributed by atoms with E-state index >= 15 is 0 Å². The molecule has 1 aliphatic heterocycles. The van der Waals surface area contributed by atoms with E-state index in [1.807, 2.05) is 31.2 Å². The number of nitrogens with one attached hydrogen (secondary N) is 1. The molecule has 1 atom stereocenters. The van der Waals surface area contributed by atoms with Crippen molar-refractivity contribution in [2.24, 2.45) is 0 Å². The zero-order valence-corrected chi connectivity index (χ0v) is 15.9. The number of benzene rings is 1. The number of likely N-dealkylation sites (N-methyl/N-ethyl adjacent to an activating group) is 1. The van der Waals surface area contributed by atoms with Crippen molar-refractivity contribution in [1.29, 1.82) is 0 Å². The highest BCUT2D eigenvalue weighted by atomic mass is 16.2. The standard InChI is InChI=1S/C21H26N4O2/c1-16-8-9-18(14-23-16)21(27)25-13-12-24(19(15-25)20(26)22-2)11-10-17-6-4-3-5-7-17/h3-9,14,19H,10-13,15H2,1-2H3,(H,22,26)/t19-/m0/s1. The molecule has 2 aromatic rings. The number of nitrogens with zero attached hydrogens (tertiary/aromatic N) is 3. The Kier molecular flexibility index (Phi) is 6.19. The first-order valence-electron chi connectivity index (χ1n) is 9.30. The number of carbonyl (C=O) groups is 2. The quantitative estimate of drug-likeness (QED) is 0.871. The van der Waals surface area contributed by atoms with Gasteiger partial charge in [-0.15, -0.1) is 0 Å². The Morgan fingerprint density at radius 1 is 1.15 bits per heavy atom. The molecule has 0 saturated carbocycles. The van der Waals surface area contributed by atoms with Gasteiger partial charge >= 0.3 is 0 Å². The van der Waals surface area contributed by atoms with E-state index in [0.29, 0.717) is 25.2 Å². The lowest BCUT2D eigenvalue weighted by atomic mass is 10.1. The normalized spacial score (nSPS) is 17.6. The second kappa shape index (κ2) is 8.77. The molecule has 0 aliphatic carbocycles. The summed E-state index contributed by atoms with van der Waals surface area (Å²) in [5.41, 5.74) is 2.69. The topological polar surface area (TPSA) is 65.5 Å². The van der Waals surface area contributed by atoms with Crippen molar-refractivity contribution in [3.63, 3.8) is 0 Å². The highest BCUT2D eigenvalue weighted by Crippen LogP contribution is 2.15. The maximum absolute atomic E-state index is 12.8. The predicted octanol–water partition coefficient (Wildman–Crippen LogP) is 1.51. The van der Waals surface area contributed by atoms with Crippen molar-refractivity contribution in [2.75, 3.05) is 33.2 Å². The van der Waals surface area contributed by atoms with Gasteiger partial charge in [0.2, 0.25) is 5.91 Å². The largest absolute Gasteiger partial charge is 0.358 e. The van der Waals surface area contributed by atoms with Crippen molar-refractivity contribution < 1.29 is 9.59 Å².